The number of carbonyl (C=O) groups excluding carboxylic acids is 2. The number of aliphatic hydroxyl groups is 1. The van der Waals surface area contributed by atoms with Crippen LogP contribution in [-0.2, 0) is 27.5 Å². The van der Waals surface area contributed by atoms with E-state index in [0.717, 1.165) is 10.9 Å². The van der Waals surface area contributed by atoms with Crippen LogP contribution in [0.2, 0.25) is 0 Å². The van der Waals surface area contributed by atoms with E-state index in [2.05, 4.69) is 15.6 Å². The molecule has 3 aromatic rings. The summed E-state index contributed by atoms with van der Waals surface area (Å²) in [6, 6.07) is 7.57. The number of benzene rings is 1. The number of hydrogen-bond acceptors (Lipinski definition) is 6. The number of ether oxygens (including phenoxy) is 1. The zero-order valence-corrected chi connectivity index (χ0v) is 20.2. The van der Waals surface area contributed by atoms with E-state index in [1.807, 2.05) is 35.8 Å². The molecule has 2 aromatic heterocycles. The Labute approximate surface area is 193 Å². The Bertz CT molecular complexity index is 1170. The number of imidazole rings is 1. The molecule has 2 heterocycles. The number of aromatic nitrogens is 3. The van der Waals surface area contributed by atoms with E-state index < -0.39 is 16.9 Å². The highest BCUT2D eigenvalue weighted by Gasteiger charge is 2.25. The Morgan fingerprint density at radius 1 is 1.12 bits per heavy atom. The monoisotopic (exact) mass is 455 g/mol. The van der Waals surface area contributed by atoms with Crippen molar-refractivity contribution in [3.63, 3.8) is 0 Å². The van der Waals surface area contributed by atoms with Crippen molar-refractivity contribution >= 4 is 39.6 Å². The predicted molar refractivity (Wildman–Crippen MR) is 128 cm³/mol. The Balaban J connectivity index is 2.07. The molecule has 0 aliphatic heterocycles. The lowest BCUT2D eigenvalue weighted by molar-refractivity contribution is -0.130. The average Bonchev–Trinajstić information content (AvgIpc) is 3.07. The van der Waals surface area contributed by atoms with Crippen LogP contribution in [0.3, 0.4) is 0 Å². The van der Waals surface area contributed by atoms with Crippen molar-refractivity contribution in [3.8, 4) is 0 Å². The first kappa shape index (κ1) is 24.6. The molecule has 9 heteroatoms. The van der Waals surface area contributed by atoms with Crippen molar-refractivity contribution in [2.45, 2.75) is 60.3 Å². The molecule has 33 heavy (non-hydrogen) atoms. The number of fused-ring (bicyclic) bond motifs is 3. The van der Waals surface area contributed by atoms with Crippen LogP contribution < -0.4 is 10.6 Å². The number of carbonyl (C=O) groups is 2. The average molecular weight is 456 g/mol. The van der Waals surface area contributed by atoms with Gasteiger partial charge in [0, 0.05) is 17.4 Å². The van der Waals surface area contributed by atoms with Gasteiger partial charge < -0.3 is 25.0 Å². The molecule has 0 spiro atoms. The van der Waals surface area contributed by atoms with Crippen LogP contribution in [0.5, 0.6) is 0 Å². The number of pyridine rings is 1. The lowest BCUT2D eigenvalue weighted by Gasteiger charge is -2.21. The van der Waals surface area contributed by atoms with E-state index in [-0.39, 0.29) is 25.6 Å². The Kier molecular flexibility index (Phi) is 7.04. The van der Waals surface area contributed by atoms with E-state index in [1.165, 1.54) is 0 Å². The van der Waals surface area contributed by atoms with E-state index in [1.54, 1.807) is 34.6 Å². The molecular formula is C24H33N5O4. The Morgan fingerprint density at radius 2 is 1.82 bits per heavy atom. The van der Waals surface area contributed by atoms with Gasteiger partial charge in [-0.2, -0.15) is 0 Å². The van der Waals surface area contributed by atoms with E-state index in [4.69, 9.17) is 9.72 Å². The topological polar surface area (TPSA) is 118 Å². The SMILES string of the molecule is CCOCc1nc2c(NC(=O)CNC(=O)C(C)(C)C)nc3ccccc3c2n1CC(C)(C)O. The molecule has 1 aromatic carbocycles. The molecule has 178 valence electrons. The van der Waals surface area contributed by atoms with Gasteiger partial charge in [0.1, 0.15) is 17.9 Å². The van der Waals surface area contributed by atoms with Gasteiger partial charge >= 0.3 is 0 Å². The molecule has 3 rings (SSSR count). The second-order valence-corrected chi connectivity index (χ2v) is 9.72. The number of amides is 2. The largest absolute Gasteiger partial charge is 0.389 e. The molecule has 2 amide bonds. The molecule has 0 atom stereocenters. The van der Waals surface area contributed by atoms with Crippen molar-refractivity contribution in [3.05, 3.63) is 30.1 Å². The van der Waals surface area contributed by atoms with Crippen LogP contribution >= 0.6 is 0 Å². The maximum Gasteiger partial charge on any atom is 0.244 e. The van der Waals surface area contributed by atoms with Gasteiger partial charge in [0.25, 0.3) is 0 Å². The number of anilines is 1. The summed E-state index contributed by atoms with van der Waals surface area (Å²) in [6.07, 6.45) is 0. The molecule has 0 saturated heterocycles. The molecule has 0 aliphatic carbocycles. The van der Waals surface area contributed by atoms with E-state index in [9.17, 15) is 14.7 Å². The maximum atomic E-state index is 12.7. The summed E-state index contributed by atoms with van der Waals surface area (Å²) in [5.74, 6) is 0.303. The molecule has 0 bridgehead atoms. The zero-order chi connectivity index (χ0) is 24.4. The minimum Gasteiger partial charge on any atom is -0.389 e. The van der Waals surface area contributed by atoms with Crippen LogP contribution in [0.15, 0.2) is 24.3 Å². The standard InChI is InChI=1S/C24H33N5O4/c1-7-33-13-17-27-19-20(29(17)14-24(5,6)32)15-10-8-9-11-16(15)26-21(19)28-18(30)12-25-22(31)23(2,3)4/h8-11,32H,7,12-14H2,1-6H3,(H,25,31)(H,26,28,30). The normalized spacial score (nSPS) is 12.3. The van der Waals surface area contributed by atoms with Crippen molar-refractivity contribution in [1.82, 2.24) is 19.9 Å². The summed E-state index contributed by atoms with van der Waals surface area (Å²) >= 11 is 0. The van der Waals surface area contributed by atoms with Crippen molar-refractivity contribution < 1.29 is 19.4 Å². The minimum atomic E-state index is -1.00. The number of rotatable bonds is 8. The molecule has 0 fully saturated rings. The molecule has 3 N–H and O–H groups in total. The quantitative estimate of drug-likeness (QED) is 0.481. The molecule has 0 saturated carbocycles. The summed E-state index contributed by atoms with van der Waals surface area (Å²) in [7, 11) is 0. The van der Waals surface area contributed by atoms with Gasteiger partial charge in [-0.25, -0.2) is 9.97 Å². The molecule has 0 radical (unpaired) electrons. The van der Waals surface area contributed by atoms with Crippen LogP contribution in [0, 0.1) is 5.41 Å². The lowest BCUT2D eigenvalue weighted by Crippen LogP contribution is -2.39. The van der Waals surface area contributed by atoms with Gasteiger partial charge in [0.05, 0.1) is 29.7 Å². The van der Waals surface area contributed by atoms with Crippen LogP contribution in [0.1, 0.15) is 47.4 Å². The second-order valence-electron chi connectivity index (χ2n) is 9.72. The first-order valence-corrected chi connectivity index (χ1v) is 11.1. The molecule has 0 unspecified atom stereocenters. The number of hydrogen-bond donors (Lipinski definition) is 3. The summed E-state index contributed by atoms with van der Waals surface area (Å²) in [4.78, 5) is 34.1. The van der Waals surface area contributed by atoms with Gasteiger partial charge in [0.2, 0.25) is 11.8 Å². The summed E-state index contributed by atoms with van der Waals surface area (Å²) in [5, 5.41) is 16.9. The van der Waals surface area contributed by atoms with Crippen LogP contribution in [0.25, 0.3) is 21.9 Å². The third-order valence-corrected chi connectivity index (χ3v) is 4.99. The van der Waals surface area contributed by atoms with Gasteiger partial charge in [-0.1, -0.05) is 39.0 Å². The highest BCUT2D eigenvalue weighted by molar-refractivity contribution is 6.10. The van der Waals surface area contributed by atoms with E-state index >= 15 is 0 Å². The smallest absolute Gasteiger partial charge is 0.244 e. The van der Waals surface area contributed by atoms with E-state index in [0.29, 0.717) is 29.3 Å². The van der Waals surface area contributed by atoms with Crippen LogP contribution in [-0.4, -0.2) is 50.2 Å². The van der Waals surface area contributed by atoms with Crippen molar-refractivity contribution in [1.29, 1.82) is 0 Å². The van der Waals surface area contributed by atoms with Crippen molar-refractivity contribution in [2.75, 3.05) is 18.5 Å². The maximum absolute atomic E-state index is 12.7. The van der Waals surface area contributed by atoms with Gasteiger partial charge in [0.15, 0.2) is 5.82 Å². The van der Waals surface area contributed by atoms with Gasteiger partial charge in [-0.3, -0.25) is 9.59 Å². The highest BCUT2D eigenvalue weighted by Crippen LogP contribution is 2.31. The van der Waals surface area contributed by atoms with Gasteiger partial charge in [-0.15, -0.1) is 0 Å². The zero-order valence-electron chi connectivity index (χ0n) is 20.2. The fourth-order valence-electron chi connectivity index (χ4n) is 3.43. The minimum absolute atomic E-state index is 0.178. The first-order valence-electron chi connectivity index (χ1n) is 11.1. The third kappa shape index (κ3) is 5.85. The Hall–Kier alpha value is -3.04. The molecule has 9 nitrogen and oxygen atoms in total. The lowest BCUT2D eigenvalue weighted by atomic mass is 9.96. The predicted octanol–water partition coefficient (Wildman–Crippen LogP) is 2.99. The number of nitrogens with one attached hydrogen (secondary N) is 2. The Morgan fingerprint density at radius 3 is 2.45 bits per heavy atom. The molecule has 0 aliphatic rings. The molecular weight excluding hydrogens is 422 g/mol. The summed E-state index contributed by atoms with van der Waals surface area (Å²) in [5.41, 5.74) is 0.340. The van der Waals surface area contributed by atoms with Gasteiger partial charge in [-0.05, 0) is 26.8 Å². The highest BCUT2D eigenvalue weighted by atomic mass is 16.5. The number of nitrogens with zero attached hydrogens (tertiary/aromatic N) is 3. The summed E-state index contributed by atoms with van der Waals surface area (Å²) < 4.78 is 7.54. The summed E-state index contributed by atoms with van der Waals surface area (Å²) in [6.45, 7) is 11.6. The number of para-hydroxylation sites is 1. The third-order valence-electron chi connectivity index (χ3n) is 4.99. The fourth-order valence-corrected chi connectivity index (χ4v) is 3.43. The van der Waals surface area contributed by atoms with Crippen LogP contribution in [0.4, 0.5) is 5.82 Å². The van der Waals surface area contributed by atoms with Crippen molar-refractivity contribution in [2.24, 2.45) is 5.41 Å². The second kappa shape index (κ2) is 9.44. The first-order chi connectivity index (χ1) is 15.4. The fraction of sp³-hybridized carbons (Fsp3) is 0.500.